The molecule has 1 saturated heterocycles. The molecule has 8 heteroatoms. The highest BCUT2D eigenvalue weighted by molar-refractivity contribution is 5.91. The molecule has 0 amide bonds. The normalized spacial score (nSPS) is 15.5. The summed E-state index contributed by atoms with van der Waals surface area (Å²) in [6, 6.07) is 9.93. The van der Waals surface area contributed by atoms with Gasteiger partial charge in [-0.3, -0.25) is 4.68 Å². The number of hydrogen-bond acceptors (Lipinski definition) is 6. The SMILES string of the molecule is CN.Cc1c(O)c(-c2ccc3nc(N4CCCC4)ccc3n2)cc2cn(C)nc12.FC1CCC1. The molecule has 34 heavy (non-hydrogen) atoms. The predicted octanol–water partition coefficient (Wildman–Crippen LogP) is 4.88. The number of rotatable bonds is 2. The molecule has 0 unspecified atom stereocenters. The summed E-state index contributed by atoms with van der Waals surface area (Å²) in [6.07, 6.45) is 6.73. The third kappa shape index (κ3) is 4.82. The second-order valence-corrected chi connectivity index (χ2v) is 8.76. The maximum absolute atomic E-state index is 11.5. The number of aryl methyl sites for hydroxylation is 2. The molecule has 0 spiro atoms. The van der Waals surface area contributed by atoms with Gasteiger partial charge < -0.3 is 15.7 Å². The number of alkyl halides is 1. The third-order valence-electron chi connectivity index (χ3n) is 6.39. The van der Waals surface area contributed by atoms with Crippen molar-refractivity contribution in [1.82, 2.24) is 19.7 Å². The van der Waals surface area contributed by atoms with Gasteiger partial charge in [0.25, 0.3) is 0 Å². The average molecular weight is 465 g/mol. The molecule has 3 N–H and O–H groups in total. The fourth-order valence-electron chi connectivity index (χ4n) is 4.27. The fourth-order valence-corrected chi connectivity index (χ4v) is 4.27. The smallest absolute Gasteiger partial charge is 0.130 e. The van der Waals surface area contributed by atoms with Gasteiger partial charge in [-0.2, -0.15) is 5.10 Å². The summed E-state index contributed by atoms with van der Waals surface area (Å²) < 4.78 is 13.3. The summed E-state index contributed by atoms with van der Waals surface area (Å²) in [5.41, 5.74) is 9.26. The lowest BCUT2D eigenvalue weighted by molar-refractivity contribution is 0.211. The monoisotopic (exact) mass is 464 g/mol. The Hall–Kier alpha value is -3.26. The highest BCUT2D eigenvalue weighted by atomic mass is 19.1. The average Bonchev–Trinajstić information content (AvgIpc) is 3.51. The molecule has 0 atom stereocenters. The van der Waals surface area contributed by atoms with Gasteiger partial charge in [0.2, 0.25) is 0 Å². The van der Waals surface area contributed by atoms with Crippen LogP contribution in [0.25, 0.3) is 33.2 Å². The summed E-state index contributed by atoms with van der Waals surface area (Å²) in [4.78, 5) is 11.9. The van der Waals surface area contributed by atoms with E-state index in [0.717, 1.165) is 76.9 Å². The predicted molar refractivity (Wildman–Crippen MR) is 136 cm³/mol. The Labute approximate surface area is 199 Å². The van der Waals surface area contributed by atoms with E-state index in [-0.39, 0.29) is 5.75 Å². The van der Waals surface area contributed by atoms with Gasteiger partial charge in [-0.05, 0) is 76.4 Å². The lowest BCUT2D eigenvalue weighted by Gasteiger charge is -2.16. The van der Waals surface area contributed by atoms with E-state index in [9.17, 15) is 9.50 Å². The quantitative estimate of drug-likeness (QED) is 0.439. The van der Waals surface area contributed by atoms with Crippen LogP contribution in [0.2, 0.25) is 0 Å². The van der Waals surface area contributed by atoms with Crippen molar-refractivity contribution >= 4 is 27.8 Å². The molecule has 0 bridgehead atoms. The number of phenols is 1. The number of nitrogens with zero attached hydrogens (tertiary/aromatic N) is 5. The molecule has 1 saturated carbocycles. The van der Waals surface area contributed by atoms with Gasteiger partial charge in [-0.15, -0.1) is 0 Å². The zero-order chi connectivity index (χ0) is 24.2. The molecule has 1 aromatic carbocycles. The van der Waals surface area contributed by atoms with Gasteiger partial charge in [0.1, 0.15) is 17.7 Å². The van der Waals surface area contributed by atoms with Crippen LogP contribution in [0.4, 0.5) is 10.2 Å². The van der Waals surface area contributed by atoms with Crippen molar-refractivity contribution in [3.05, 3.63) is 42.1 Å². The number of aromatic nitrogens is 4. The molecule has 2 aliphatic rings. The van der Waals surface area contributed by atoms with Gasteiger partial charge in [0.15, 0.2) is 0 Å². The third-order valence-corrected chi connectivity index (χ3v) is 6.39. The first-order valence-electron chi connectivity index (χ1n) is 11.9. The summed E-state index contributed by atoms with van der Waals surface area (Å²) >= 11 is 0. The Morgan fingerprint density at radius 3 is 2.29 bits per heavy atom. The Bertz CT molecular complexity index is 1280. The van der Waals surface area contributed by atoms with Crippen molar-refractivity contribution in [1.29, 1.82) is 0 Å². The molecule has 1 aliphatic heterocycles. The number of halogens is 1. The molecule has 1 aliphatic carbocycles. The zero-order valence-corrected chi connectivity index (χ0v) is 20.1. The Morgan fingerprint density at radius 2 is 1.65 bits per heavy atom. The largest absolute Gasteiger partial charge is 0.507 e. The van der Waals surface area contributed by atoms with Crippen LogP contribution in [0, 0.1) is 6.92 Å². The van der Waals surface area contributed by atoms with Gasteiger partial charge in [-0.1, -0.05) is 0 Å². The molecule has 0 radical (unpaired) electrons. The molecule has 7 nitrogen and oxygen atoms in total. The van der Waals surface area contributed by atoms with E-state index in [1.165, 1.54) is 19.9 Å². The van der Waals surface area contributed by atoms with Crippen molar-refractivity contribution in [3.63, 3.8) is 0 Å². The first-order chi connectivity index (χ1) is 16.5. The van der Waals surface area contributed by atoms with Gasteiger partial charge in [-0.25, -0.2) is 14.4 Å². The molecule has 180 valence electrons. The highest BCUT2D eigenvalue weighted by Gasteiger charge is 2.17. The minimum absolute atomic E-state index is 0.231. The molecular weight excluding hydrogens is 431 g/mol. The van der Waals surface area contributed by atoms with E-state index in [0.29, 0.717) is 0 Å². The second-order valence-electron chi connectivity index (χ2n) is 8.76. The van der Waals surface area contributed by atoms with Crippen molar-refractivity contribution in [2.45, 2.75) is 45.2 Å². The molecule has 4 aromatic rings. The topological polar surface area (TPSA) is 93.1 Å². The molecule has 2 fully saturated rings. The van der Waals surface area contributed by atoms with E-state index < -0.39 is 6.17 Å². The highest BCUT2D eigenvalue weighted by Crippen LogP contribution is 2.36. The van der Waals surface area contributed by atoms with Crippen LogP contribution in [-0.2, 0) is 7.05 Å². The lowest BCUT2D eigenvalue weighted by atomic mass is 9.98. The fraction of sp³-hybridized carbons (Fsp3) is 0.423. The minimum Gasteiger partial charge on any atom is -0.507 e. The van der Waals surface area contributed by atoms with Crippen molar-refractivity contribution < 1.29 is 9.50 Å². The number of fused-ring (bicyclic) bond motifs is 2. The first kappa shape index (κ1) is 23.9. The van der Waals surface area contributed by atoms with Crippen molar-refractivity contribution in [2.24, 2.45) is 12.8 Å². The summed E-state index contributed by atoms with van der Waals surface area (Å²) in [5, 5.41) is 16.1. The van der Waals surface area contributed by atoms with E-state index in [4.69, 9.17) is 9.97 Å². The number of aromatic hydroxyl groups is 1. The number of nitrogens with two attached hydrogens (primary N) is 1. The maximum atomic E-state index is 11.5. The summed E-state index contributed by atoms with van der Waals surface area (Å²) in [5.74, 6) is 1.25. The van der Waals surface area contributed by atoms with E-state index >= 15 is 0 Å². The number of benzene rings is 1. The zero-order valence-electron chi connectivity index (χ0n) is 20.1. The second kappa shape index (κ2) is 10.3. The van der Waals surface area contributed by atoms with Crippen LogP contribution in [0.1, 0.15) is 37.7 Å². The van der Waals surface area contributed by atoms with Gasteiger partial charge in [0.05, 0.1) is 22.2 Å². The minimum atomic E-state index is -0.435. The first-order valence-corrected chi connectivity index (χ1v) is 11.9. The summed E-state index contributed by atoms with van der Waals surface area (Å²) in [6.45, 7) is 4.03. The summed E-state index contributed by atoms with van der Waals surface area (Å²) in [7, 11) is 3.38. The van der Waals surface area contributed by atoms with Crippen LogP contribution in [0.3, 0.4) is 0 Å². The van der Waals surface area contributed by atoms with Crippen LogP contribution >= 0.6 is 0 Å². The van der Waals surface area contributed by atoms with Crippen molar-refractivity contribution in [2.75, 3.05) is 25.0 Å². The van der Waals surface area contributed by atoms with Crippen LogP contribution in [-0.4, -0.2) is 51.2 Å². The number of anilines is 1. The molecule has 6 rings (SSSR count). The van der Waals surface area contributed by atoms with E-state index in [1.54, 1.807) is 4.68 Å². The number of pyridine rings is 2. The standard InChI is InChI=1S/C21H21N5O.C4H7F.CH5N/c1-13-20-14(12-25(2)24-20)11-15(21(13)27)16-5-6-18-17(22-16)7-8-19(23-18)26-9-3-4-10-26;5-4-2-1-3-4;1-2/h5-8,11-12,27H,3-4,9-10H2,1-2H3;4H,1-3H2;2H2,1H3. The van der Waals surface area contributed by atoms with Crippen LogP contribution < -0.4 is 10.6 Å². The maximum Gasteiger partial charge on any atom is 0.130 e. The molecule has 3 aromatic heterocycles. The number of phenolic OH excluding ortho intramolecular Hbond substituents is 1. The van der Waals surface area contributed by atoms with Gasteiger partial charge >= 0.3 is 0 Å². The van der Waals surface area contributed by atoms with E-state index in [2.05, 4.69) is 15.7 Å². The lowest BCUT2D eigenvalue weighted by Crippen LogP contribution is -2.18. The van der Waals surface area contributed by atoms with Crippen molar-refractivity contribution in [3.8, 4) is 17.0 Å². The Kier molecular flexibility index (Phi) is 7.26. The van der Waals surface area contributed by atoms with Crippen LogP contribution in [0.15, 0.2) is 36.5 Å². The van der Waals surface area contributed by atoms with Gasteiger partial charge in [0, 0.05) is 42.8 Å². The number of hydrogen-bond donors (Lipinski definition) is 2. The Morgan fingerprint density at radius 1 is 1.00 bits per heavy atom. The Balaban J connectivity index is 0.000000343. The molecular formula is C26H33FN6O. The molecule has 4 heterocycles. The van der Waals surface area contributed by atoms with Crippen LogP contribution in [0.5, 0.6) is 5.75 Å². The van der Waals surface area contributed by atoms with E-state index in [1.807, 2.05) is 50.5 Å².